The minimum absolute atomic E-state index is 0.0426. The van der Waals surface area contributed by atoms with Crippen molar-refractivity contribution < 1.29 is 23.0 Å². The zero-order chi connectivity index (χ0) is 25.3. The molecule has 0 radical (unpaired) electrons. The van der Waals surface area contributed by atoms with Crippen LogP contribution in [0.5, 0.6) is 5.75 Å². The number of alkyl halides is 2. The molecule has 0 saturated heterocycles. The van der Waals surface area contributed by atoms with Crippen molar-refractivity contribution in [1.29, 1.82) is 0 Å². The smallest absolute Gasteiger partial charge is 0.400 e. The van der Waals surface area contributed by atoms with E-state index in [1.807, 2.05) is 0 Å². The summed E-state index contributed by atoms with van der Waals surface area (Å²) >= 11 is 0. The van der Waals surface area contributed by atoms with E-state index in [2.05, 4.69) is 6.92 Å². The van der Waals surface area contributed by atoms with Crippen molar-refractivity contribution in [2.75, 3.05) is 11.5 Å². The molecule has 0 heterocycles. The minimum Gasteiger partial charge on any atom is -0.458 e. The zero-order valence-electron chi connectivity index (χ0n) is 20.4. The third-order valence-electron chi connectivity index (χ3n) is 6.50. The van der Waals surface area contributed by atoms with Gasteiger partial charge in [-0.2, -0.15) is 8.78 Å². The molecule has 1 saturated carbocycles. The lowest BCUT2D eigenvalue weighted by atomic mass is 9.79. The van der Waals surface area contributed by atoms with Gasteiger partial charge >= 0.3 is 12.1 Å². The van der Waals surface area contributed by atoms with Crippen LogP contribution in [0.15, 0.2) is 48.5 Å². The van der Waals surface area contributed by atoms with Gasteiger partial charge in [0.15, 0.2) is 0 Å². The number of carbonyl (C=O) groups is 1. The first kappa shape index (κ1) is 26.5. The second-order valence-electron chi connectivity index (χ2n) is 9.40. The molecule has 0 unspecified atom stereocenters. The molecule has 4 N–H and O–H groups in total. The number of hydrogen-bond donors (Lipinski definition) is 2. The minimum atomic E-state index is -3.19. The molecule has 1 fully saturated rings. The van der Waals surface area contributed by atoms with Gasteiger partial charge in [-0.15, -0.1) is 0 Å². The number of halogens is 2. The van der Waals surface area contributed by atoms with Crippen LogP contribution >= 0.6 is 0 Å². The molecule has 0 amide bonds. The fourth-order valence-corrected chi connectivity index (χ4v) is 4.55. The van der Waals surface area contributed by atoms with E-state index in [0.717, 1.165) is 19.3 Å². The Hall–Kier alpha value is -3.09. The maximum atomic E-state index is 14.7. The van der Waals surface area contributed by atoms with Crippen molar-refractivity contribution in [2.24, 2.45) is 11.8 Å². The molecule has 0 bridgehead atoms. The van der Waals surface area contributed by atoms with Gasteiger partial charge in [0.2, 0.25) is 0 Å². The number of carbonyl (C=O) groups excluding carboxylic acids is 1. The molecule has 1 aliphatic carbocycles. The summed E-state index contributed by atoms with van der Waals surface area (Å²) in [6.07, 6.45) is 7.04. The SMILES string of the molecule is CCCCCC1CCC(C(F)(F)Oc2ccc(/C=C/C(=O)OCc3cc(N)cc(N)c3)cc2)CC1. The first-order valence-electron chi connectivity index (χ1n) is 12.4. The summed E-state index contributed by atoms with van der Waals surface area (Å²) in [4.78, 5) is 12.0. The standard InChI is InChI=1S/C28H36F2N2O3/c1-2-3-4-5-20-6-11-23(12-7-20)28(29,30)35-26-13-8-21(9-14-26)10-15-27(33)34-19-22-16-24(31)18-25(32)17-22/h8-10,13-18,20,23H,2-7,11-12,19,31-32H2,1H3/b15-10+. The van der Waals surface area contributed by atoms with E-state index in [4.69, 9.17) is 20.9 Å². The van der Waals surface area contributed by atoms with Crippen LogP contribution in [0.3, 0.4) is 0 Å². The molecule has 5 nitrogen and oxygen atoms in total. The lowest BCUT2D eigenvalue weighted by molar-refractivity contribution is -0.223. The highest BCUT2D eigenvalue weighted by Gasteiger charge is 2.43. The quantitative estimate of drug-likeness (QED) is 0.155. The van der Waals surface area contributed by atoms with Gasteiger partial charge in [0.05, 0.1) is 5.92 Å². The number of esters is 1. The largest absolute Gasteiger partial charge is 0.458 e. The van der Waals surface area contributed by atoms with Gasteiger partial charge in [0.1, 0.15) is 12.4 Å². The molecule has 0 atom stereocenters. The van der Waals surface area contributed by atoms with Crippen molar-refractivity contribution >= 4 is 23.4 Å². The number of ether oxygens (including phenoxy) is 2. The Labute approximate surface area is 206 Å². The Bertz CT molecular complexity index is 964. The number of unbranched alkanes of at least 4 members (excludes halogenated alkanes) is 2. The van der Waals surface area contributed by atoms with Crippen LogP contribution in [-0.2, 0) is 16.1 Å². The predicted octanol–water partition coefficient (Wildman–Crippen LogP) is 6.97. The summed E-state index contributed by atoms with van der Waals surface area (Å²) in [5.41, 5.74) is 13.8. The van der Waals surface area contributed by atoms with Crippen LogP contribution in [0.25, 0.3) is 6.08 Å². The van der Waals surface area contributed by atoms with Crippen molar-refractivity contribution in [2.45, 2.75) is 71.0 Å². The molecule has 0 spiro atoms. The van der Waals surface area contributed by atoms with Crippen LogP contribution in [-0.4, -0.2) is 12.1 Å². The molecule has 7 heteroatoms. The predicted molar refractivity (Wildman–Crippen MR) is 136 cm³/mol. The van der Waals surface area contributed by atoms with Crippen LogP contribution in [0, 0.1) is 11.8 Å². The van der Waals surface area contributed by atoms with Crippen LogP contribution in [0.1, 0.15) is 69.4 Å². The summed E-state index contributed by atoms with van der Waals surface area (Å²) in [5, 5.41) is 0. The lowest BCUT2D eigenvalue weighted by Crippen LogP contribution is -2.37. The summed E-state index contributed by atoms with van der Waals surface area (Å²) in [6.45, 7) is 2.22. The second-order valence-corrected chi connectivity index (χ2v) is 9.40. The fourth-order valence-electron chi connectivity index (χ4n) is 4.55. The Morgan fingerprint density at radius 3 is 2.31 bits per heavy atom. The summed E-state index contributed by atoms with van der Waals surface area (Å²) < 4.78 is 39.8. The molecular formula is C28H36F2N2O3. The van der Waals surface area contributed by atoms with Crippen molar-refractivity contribution in [3.05, 3.63) is 59.7 Å². The molecular weight excluding hydrogens is 450 g/mol. The number of rotatable bonds is 11. The lowest BCUT2D eigenvalue weighted by Gasteiger charge is -2.33. The van der Waals surface area contributed by atoms with E-state index in [9.17, 15) is 13.6 Å². The van der Waals surface area contributed by atoms with Crippen LogP contribution in [0.2, 0.25) is 0 Å². The summed E-state index contributed by atoms with van der Waals surface area (Å²) in [5.74, 6) is -0.618. The average molecular weight is 487 g/mol. The zero-order valence-corrected chi connectivity index (χ0v) is 20.4. The topological polar surface area (TPSA) is 87.6 Å². The van der Waals surface area contributed by atoms with Gasteiger partial charge in [-0.05, 0) is 79.1 Å². The molecule has 190 valence electrons. The number of benzene rings is 2. The maximum Gasteiger partial charge on any atom is 0.400 e. The summed E-state index contributed by atoms with van der Waals surface area (Å²) in [6, 6.07) is 11.2. The molecule has 3 rings (SSSR count). The highest BCUT2D eigenvalue weighted by molar-refractivity contribution is 5.87. The van der Waals surface area contributed by atoms with Gasteiger partial charge in [0.25, 0.3) is 0 Å². The second kappa shape index (κ2) is 12.6. The van der Waals surface area contributed by atoms with E-state index in [1.165, 1.54) is 37.5 Å². The maximum absolute atomic E-state index is 14.7. The van der Waals surface area contributed by atoms with Crippen molar-refractivity contribution in [3.63, 3.8) is 0 Å². The number of nitrogens with two attached hydrogens (primary N) is 2. The van der Waals surface area contributed by atoms with Gasteiger partial charge in [-0.3, -0.25) is 0 Å². The number of anilines is 2. The van der Waals surface area contributed by atoms with E-state index in [0.29, 0.717) is 41.3 Å². The van der Waals surface area contributed by atoms with Crippen molar-refractivity contribution in [3.8, 4) is 5.75 Å². The normalized spacial score (nSPS) is 18.5. The highest BCUT2D eigenvalue weighted by atomic mass is 19.3. The Balaban J connectivity index is 1.45. The molecule has 0 aromatic heterocycles. The molecule has 0 aliphatic heterocycles. The number of hydrogen-bond acceptors (Lipinski definition) is 5. The third kappa shape index (κ3) is 8.57. The van der Waals surface area contributed by atoms with Crippen LogP contribution < -0.4 is 16.2 Å². The van der Waals surface area contributed by atoms with E-state index in [-0.39, 0.29) is 12.4 Å². The highest BCUT2D eigenvalue weighted by Crippen LogP contribution is 2.41. The van der Waals surface area contributed by atoms with Gasteiger partial charge < -0.3 is 20.9 Å². The summed E-state index contributed by atoms with van der Waals surface area (Å²) in [7, 11) is 0. The Morgan fingerprint density at radius 2 is 1.69 bits per heavy atom. The Morgan fingerprint density at radius 1 is 1.03 bits per heavy atom. The average Bonchev–Trinajstić information content (AvgIpc) is 2.82. The monoisotopic (exact) mass is 486 g/mol. The van der Waals surface area contributed by atoms with Crippen LogP contribution in [0.4, 0.5) is 20.2 Å². The fraction of sp³-hybridized carbons (Fsp3) is 0.464. The van der Waals surface area contributed by atoms with Gasteiger partial charge in [-0.1, -0.05) is 44.7 Å². The van der Waals surface area contributed by atoms with E-state index in [1.54, 1.807) is 36.4 Å². The molecule has 1 aliphatic rings. The molecule has 2 aromatic carbocycles. The third-order valence-corrected chi connectivity index (χ3v) is 6.50. The van der Waals surface area contributed by atoms with Gasteiger partial charge in [-0.25, -0.2) is 4.79 Å². The van der Waals surface area contributed by atoms with Crippen molar-refractivity contribution in [1.82, 2.24) is 0 Å². The first-order chi connectivity index (χ1) is 16.7. The molecule has 2 aromatic rings. The van der Waals surface area contributed by atoms with Gasteiger partial charge in [0, 0.05) is 17.5 Å². The Kier molecular flexibility index (Phi) is 9.52. The molecule has 35 heavy (non-hydrogen) atoms. The van der Waals surface area contributed by atoms with E-state index >= 15 is 0 Å². The number of nitrogen functional groups attached to an aromatic ring is 2. The first-order valence-corrected chi connectivity index (χ1v) is 12.4. The van der Waals surface area contributed by atoms with E-state index < -0.39 is 18.0 Å².